The molecule has 1 amide bonds. The average Bonchev–Trinajstić information content (AvgIpc) is 3.21. The molecule has 1 N–H and O–H groups in total. The Balaban J connectivity index is 1.54. The van der Waals surface area contributed by atoms with Gasteiger partial charge in [0.2, 0.25) is 5.91 Å². The number of rotatable bonds is 5. The first-order chi connectivity index (χ1) is 13.1. The molecular formula is C18H17N5O2S2. The van der Waals surface area contributed by atoms with Crippen molar-refractivity contribution in [2.75, 3.05) is 18.2 Å². The van der Waals surface area contributed by atoms with Crippen molar-refractivity contribution in [1.82, 2.24) is 19.6 Å². The van der Waals surface area contributed by atoms with E-state index in [9.17, 15) is 4.79 Å². The van der Waals surface area contributed by atoms with E-state index in [4.69, 9.17) is 4.74 Å². The lowest BCUT2D eigenvalue weighted by atomic mass is 10.2. The summed E-state index contributed by atoms with van der Waals surface area (Å²) >= 11 is 2.97. The third kappa shape index (κ3) is 3.24. The van der Waals surface area contributed by atoms with E-state index >= 15 is 0 Å². The second kappa shape index (κ2) is 7.16. The molecule has 0 spiro atoms. The Bertz CT molecular complexity index is 1150. The van der Waals surface area contributed by atoms with Crippen molar-refractivity contribution in [3.05, 3.63) is 41.0 Å². The molecule has 0 fully saturated rings. The van der Waals surface area contributed by atoms with E-state index in [0.717, 1.165) is 15.9 Å². The van der Waals surface area contributed by atoms with E-state index in [-0.39, 0.29) is 11.7 Å². The largest absolute Gasteiger partial charge is 0.495 e. The van der Waals surface area contributed by atoms with Crippen LogP contribution in [0.1, 0.15) is 10.4 Å². The predicted octanol–water partition coefficient (Wildman–Crippen LogP) is 3.70. The first-order valence-corrected chi connectivity index (χ1v) is 10.0. The number of hydrogen-bond donors (Lipinski definition) is 1. The van der Waals surface area contributed by atoms with Crippen molar-refractivity contribution < 1.29 is 9.53 Å². The number of aromatic nitrogens is 4. The molecule has 3 heterocycles. The number of nitrogens with zero attached hydrogens (tertiary/aromatic N) is 4. The second-order valence-corrected chi connectivity index (χ2v) is 8.07. The zero-order valence-electron chi connectivity index (χ0n) is 15.0. The second-order valence-electron chi connectivity index (χ2n) is 5.92. The molecule has 0 bridgehead atoms. The fourth-order valence-electron chi connectivity index (χ4n) is 2.79. The normalized spacial score (nSPS) is 11.2. The monoisotopic (exact) mass is 399 g/mol. The molecule has 0 radical (unpaired) electrons. The lowest BCUT2D eigenvalue weighted by molar-refractivity contribution is -0.113. The van der Waals surface area contributed by atoms with Gasteiger partial charge < -0.3 is 10.1 Å². The van der Waals surface area contributed by atoms with Crippen LogP contribution >= 0.6 is 23.1 Å². The van der Waals surface area contributed by atoms with Gasteiger partial charge >= 0.3 is 0 Å². The van der Waals surface area contributed by atoms with Crippen LogP contribution in [0, 0.1) is 13.8 Å². The molecule has 4 rings (SSSR count). The minimum absolute atomic E-state index is 0.141. The quantitative estimate of drug-likeness (QED) is 0.516. The fourth-order valence-corrected chi connectivity index (χ4v) is 4.48. The van der Waals surface area contributed by atoms with Crippen LogP contribution in [0.2, 0.25) is 0 Å². The molecule has 1 aromatic carbocycles. The summed E-state index contributed by atoms with van der Waals surface area (Å²) in [6, 6.07) is 7.31. The summed E-state index contributed by atoms with van der Waals surface area (Å²) in [5.41, 5.74) is 2.59. The molecule has 9 heteroatoms. The highest BCUT2D eigenvalue weighted by Gasteiger charge is 2.16. The van der Waals surface area contributed by atoms with Crippen LogP contribution in [-0.2, 0) is 4.79 Å². The number of nitrogens with one attached hydrogen (secondary N) is 1. The molecule has 0 aliphatic heterocycles. The summed E-state index contributed by atoms with van der Waals surface area (Å²) in [5.74, 6) is 0.690. The summed E-state index contributed by atoms with van der Waals surface area (Å²) in [6.07, 6.45) is 1.72. The van der Waals surface area contributed by atoms with Gasteiger partial charge in [0, 0.05) is 4.88 Å². The Morgan fingerprint density at radius 2 is 2.11 bits per heavy atom. The number of hydrogen-bond acceptors (Lipinski definition) is 7. The minimum atomic E-state index is -0.141. The molecule has 0 saturated carbocycles. The Kier molecular flexibility index (Phi) is 4.71. The first kappa shape index (κ1) is 17.7. The first-order valence-electron chi connectivity index (χ1n) is 8.23. The lowest BCUT2D eigenvalue weighted by Crippen LogP contribution is -2.14. The average molecular weight is 400 g/mol. The van der Waals surface area contributed by atoms with Crippen LogP contribution in [0.4, 0.5) is 5.69 Å². The maximum atomic E-state index is 12.3. The van der Waals surface area contributed by atoms with Gasteiger partial charge in [-0.1, -0.05) is 23.9 Å². The van der Waals surface area contributed by atoms with Crippen molar-refractivity contribution in [2.24, 2.45) is 0 Å². The number of anilines is 1. The van der Waals surface area contributed by atoms with E-state index in [2.05, 4.69) is 34.3 Å². The van der Waals surface area contributed by atoms with E-state index in [1.54, 1.807) is 36.9 Å². The van der Waals surface area contributed by atoms with Crippen LogP contribution < -0.4 is 10.1 Å². The van der Waals surface area contributed by atoms with Crippen LogP contribution in [0.3, 0.4) is 0 Å². The smallest absolute Gasteiger partial charge is 0.234 e. The van der Waals surface area contributed by atoms with E-state index in [1.165, 1.54) is 22.2 Å². The van der Waals surface area contributed by atoms with Gasteiger partial charge in [-0.25, -0.2) is 4.98 Å². The molecule has 7 nitrogen and oxygen atoms in total. The van der Waals surface area contributed by atoms with Crippen LogP contribution in [-0.4, -0.2) is 38.4 Å². The number of thioether (sulfide) groups is 1. The Morgan fingerprint density at radius 1 is 1.30 bits per heavy atom. The maximum absolute atomic E-state index is 12.3. The highest BCUT2D eigenvalue weighted by Crippen LogP contribution is 2.32. The summed E-state index contributed by atoms with van der Waals surface area (Å²) in [6.45, 7) is 4.14. The molecule has 3 aromatic heterocycles. The number of carbonyl (C=O) groups is 1. The topological polar surface area (TPSA) is 81.4 Å². The van der Waals surface area contributed by atoms with Gasteiger partial charge in [0.15, 0.2) is 10.8 Å². The molecule has 0 aliphatic rings. The van der Waals surface area contributed by atoms with Gasteiger partial charge in [0.05, 0.1) is 23.9 Å². The van der Waals surface area contributed by atoms with Gasteiger partial charge in [0.25, 0.3) is 0 Å². The number of methoxy groups -OCH3 is 1. The van der Waals surface area contributed by atoms with Gasteiger partial charge in [-0.05, 0) is 31.5 Å². The van der Waals surface area contributed by atoms with Crippen molar-refractivity contribution in [3.8, 4) is 5.75 Å². The molecular weight excluding hydrogens is 382 g/mol. The van der Waals surface area contributed by atoms with Crippen molar-refractivity contribution in [2.45, 2.75) is 19.0 Å². The number of carbonyl (C=O) groups excluding carboxylic acids is 1. The number of aryl methyl sites for hydroxylation is 2. The van der Waals surface area contributed by atoms with E-state index < -0.39 is 0 Å². The zero-order chi connectivity index (χ0) is 19.0. The van der Waals surface area contributed by atoms with E-state index in [0.29, 0.717) is 16.6 Å². The van der Waals surface area contributed by atoms with Gasteiger partial charge in [-0.2, -0.15) is 0 Å². The highest BCUT2D eigenvalue weighted by atomic mass is 32.2. The third-order valence-electron chi connectivity index (χ3n) is 4.26. The number of thiophene rings is 1. The SMILES string of the molecule is COc1ccccc1NC(=O)CSc1nnc2c3c(C)c(C)sc3ncn12. The standard InChI is InChI=1S/C18H17N5O2S2/c1-10-11(2)27-17-15(10)16-21-22-18(23(16)9-19-17)26-8-14(24)20-12-6-4-5-7-13(12)25-3/h4-7,9H,8H2,1-3H3,(H,20,24). The third-order valence-corrected chi connectivity index (χ3v) is 6.32. The van der Waals surface area contributed by atoms with Crippen molar-refractivity contribution in [1.29, 1.82) is 0 Å². The van der Waals surface area contributed by atoms with Gasteiger partial charge in [0.1, 0.15) is 16.9 Å². The number of para-hydroxylation sites is 2. The minimum Gasteiger partial charge on any atom is -0.495 e. The number of fused-ring (bicyclic) bond motifs is 3. The number of ether oxygens (including phenoxy) is 1. The van der Waals surface area contributed by atoms with Gasteiger partial charge in [-0.15, -0.1) is 21.5 Å². The molecule has 0 aliphatic carbocycles. The number of benzene rings is 1. The van der Waals surface area contributed by atoms with Crippen molar-refractivity contribution in [3.63, 3.8) is 0 Å². The summed E-state index contributed by atoms with van der Waals surface area (Å²) < 4.78 is 7.09. The highest BCUT2D eigenvalue weighted by molar-refractivity contribution is 7.99. The fraction of sp³-hybridized carbons (Fsp3) is 0.222. The molecule has 0 unspecified atom stereocenters. The zero-order valence-corrected chi connectivity index (χ0v) is 16.6. The van der Waals surface area contributed by atoms with E-state index in [1.807, 2.05) is 16.5 Å². The van der Waals surface area contributed by atoms with Crippen LogP contribution in [0.25, 0.3) is 15.9 Å². The maximum Gasteiger partial charge on any atom is 0.234 e. The Morgan fingerprint density at radius 3 is 2.93 bits per heavy atom. The molecule has 27 heavy (non-hydrogen) atoms. The molecule has 4 aromatic rings. The molecule has 0 saturated heterocycles. The summed E-state index contributed by atoms with van der Waals surface area (Å²) in [4.78, 5) is 19.0. The predicted molar refractivity (Wildman–Crippen MR) is 108 cm³/mol. The Labute approximate surface area is 163 Å². The summed E-state index contributed by atoms with van der Waals surface area (Å²) in [5, 5.41) is 13.1. The Hall–Kier alpha value is -2.65. The lowest BCUT2D eigenvalue weighted by Gasteiger charge is -2.09. The molecule has 138 valence electrons. The molecule has 0 atom stereocenters. The van der Waals surface area contributed by atoms with Crippen molar-refractivity contribution >= 4 is 50.6 Å². The van der Waals surface area contributed by atoms with Crippen LogP contribution in [0.5, 0.6) is 5.75 Å². The number of amides is 1. The van der Waals surface area contributed by atoms with Crippen LogP contribution in [0.15, 0.2) is 35.7 Å². The van der Waals surface area contributed by atoms with Gasteiger partial charge in [-0.3, -0.25) is 9.20 Å². The summed E-state index contributed by atoms with van der Waals surface area (Å²) in [7, 11) is 1.57.